The summed E-state index contributed by atoms with van der Waals surface area (Å²) in [6.07, 6.45) is 7.74. The molecule has 158 valence electrons. The minimum Gasteiger partial charge on any atom is -0.464 e. The molecule has 7 nitrogen and oxygen atoms in total. The molecule has 7 heteroatoms. The Labute approximate surface area is 162 Å². The van der Waals surface area contributed by atoms with E-state index >= 15 is 0 Å². The molecule has 0 radical (unpaired) electrons. The third kappa shape index (κ3) is 9.04. The maximum Gasteiger partial charge on any atom is 0.339 e. The Bertz CT molecular complexity index is 427. The predicted molar refractivity (Wildman–Crippen MR) is 99.9 cm³/mol. The number of hydrogen-bond donors (Lipinski definition) is 3. The quantitative estimate of drug-likeness (QED) is 0.291. The van der Waals surface area contributed by atoms with E-state index in [4.69, 9.17) is 4.74 Å². The fourth-order valence-electron chi connectivity index (χ4n) is 3.18. The fourth-order valence-corrected chi connectivity index (χ4v) is 3.18. The van der Waals surface area contributed by atoms with Crippen molar-refractivity contribution in [3.63, 3.8) is 0 Å². The summed E-state index contributed by atoms with van der Waals surface area (Å²) in [6.45, 7) is 2.40. The van der Waals surface area contributed by atoms with Crippen molar-refractivity contribution >= 4 is 11.9 Å². The lowest BCUT2D eigenvalue weighted by atomic mass is 10.1. The second kappa shape index (κ2) is 13.9. The van der Waals surface area contributed by atoms with Gasteiger partial charge < -0.3 is 24.8 Å². The van der Waals surface area contributed by atoms with E-state index in [1.165, 1.54) is 57.8 Å². The average Bonchev–Trinajstić information content (AvgIpc) is 2.92. The molecule has 0 saturated carbocycles. The zero-order chi connectivity index (χ0) is 20.1. The SMILES string of the molecule is CCCCCCCCCCCCCCOC(=O)C(O)[C@H]1OC(=O)[C@@H](O)[C@H]1O. The Morgan fingerprint density at radius 1 is 0.963 bits per heavy atom. The Morgan fingerprint density at radius 3 is 1.89 bits per heavy atom. The van der Waals surface area contributed by atoms with Crippen LogP contribution >= 0.6 is 0 Å². The van der Waals surface area contributed by atoms with Gasteiger partial charge in [-0.1, -0.05) is 77.6 Å². The first-order chi connectivity index (χ1) is 13.0. The highest BCUT2D eigenvalue weighted by Gasteiger charge is 2.48. The van der Waals surface area contributed by atoms with Crippen LogP contribution in [0.1, 0.15) is 84.0 Å². The van der Waals surface area contributed by atoms with Crippen molar-refractivity contribution in [3.05, 3.63) is 0 Å². The number of carbonyl (C=O) groups is 2. The molecular formula is C20H36O7. The molecule has 1 saturated heterocycles. The van der Waals surface area contributed by atoms with E-state index in [9.17, 15) is 24.9 Å². The molecule has 1 fully saturated rings. The lowest BCUT2D eigenvalue weighted by Crippen LogP contribution is -2.43. The molecule has 0 amide bonds. The first kappa shape index (κ1) is 23.9. The summed E-state index contributed by atoms with van der Waals surface area (Å²) >= 11 is 0. The third-order valence-corrected chi connectivity index (χ3v) is 4.95. The maximum atomic E-state index is 11.7. The monoisotopic (exact) mass is 388 g/mol. The van der Waals surface area contributed by atoms with Gasteiger partial charge in [-0.25, -0.2) is 9.59 Å². The van der Waals surface area contributed by atoms with E-state index < -0.39 is 36.4 Å². The molecule has 0 aliphatic carbocycles. The van der Waals surface area contributed by atoms with Crippen LogP contribution in [0, 0.1) is 0 Å². The molecule has 0 aromatic rings. The normalized spacial score (nSPS) is 23.3. The van der Waals surface area contributed by atoms with Gasteiger partial charge in [-0.3, -0.25) is 0 Å². The van der Waals surface area contributed by atoms with E-state index in [1.807, 2.05) is 0 Å². The summed E-state index contributed by atoms with van der Waals surface area (Å²) in [7, 11) is 0. The number of carbonyl (C=O) groups excluding carboxylic acids is 2. The number of rotatable bonds is 15. The molecule has 1 unspecified atom stereocenters. The third-order valence-electron chi connectivity index (χ3n) is 4.95. The lowest BCUT2D eigenvalue weighted by molar-refractivity contribution is -0.167. The summed E-state index contributed by atoms with van der Waals surface area (Å²) < 4.78 is 9.55. The van der Waals surface area contributed by atoms with Gasteiger partial charge in [0.15, 0.2) is 18.3 Å². The number of aliphatic hydroxyl groups excluding tert-OH is 3. The summed E-state index contributed by atoms with van der Waals surface area (Å²) in [5.74, 6) is -2.01. The van der Waals surface area contributed by atoms with Gasteiger partial charge in [-0.2, -0.15) is 0 Å². The standard InChI is InChI=1S/C20H36O7/c1-2-3-4-5-6-7-8-9-10-11-12-13-14-26-19(24)17(23)18-15(21)16(22)20(25)27-18/h15-18,21-23H,2-14H2,1H3/t15-,16+,17?,18+/m1/s1. The Morgan fingerprint density at radius 2 is 1.44 bits per heavy atom. The zero-order valence-electron chi connectivity index (χ0n) is 16.5. The van der Waals surface area contributed by atoms with Crippen molar-refractivity contribution in [2.24, 2.45) is 0 Å². The fraction of sp³-hybridized carbons (Fsp3) is 0.900. The van der Waals surface area contributed by atoms with Crippen LogP contribution in [-0.4, -0.2) is 58.3 Å². The minimum absolute atomic E-state index is 0.173. The molecule has 1 rings (SSSR count). The number of ether oxygens (including phenoxy) is 2. The highest BCUT2D eigenvalue weighted by molar-refractivity contribution is 5.81. The second-order valence-electron chi connectivity index (χ2n) is 7.34. The van der Waals surface area contributed by atoms with Gasteiger partial charge in [-0.15, -0.1) is 0 Å². The van der Waals surface area contributed by atoms with E-state index in [1.54, 1.807) is 0 Å². The molecule has 1 aliphatic rings. The molecule has 0 spiro atoms. The number of unbranched alkanes of at least 4 members (excludes halogenated alkanes) is 11. The van der Waals surface area contributed by atoms with E-state index in [0.29, 0.717) is 6.42 Å². The summed E-state index contributed by atoms with van der Waals surface area (Å²) in [5, 5.41) is 28.6. The van der Waals surface area contributed by atoms with Crippen LogP contribution in [0.3, 0.4) is 0 Å². The zero-order valence-corrected chi connectivity index (χ0v) is 16.5. The van der Waals surface area contributed by atoms with Crippen molar-refractivity contribution in [2.75, 3.05) is 6.61 Å². The summed E-state index contributed by atoms with van der Waals surface area (Å²) in [4.78, 5) is 22.8. The van der Waals surface area contributed by atoms with Gasteiger partial charge in [0.1, 0.15) is 6.10 Å². The van der Waals surface area contributed by atoms with Crippen LogP contribution in [0.2, 0.25) is 0 Å². The van der Waals surface area contributed by atoms with Crippen LogP contribution in [0.25, 0.3) is 0 Å². The molecule has 0 aromatic carbocycles. The average molecular weight is 389 g/mol. The van der Waals surface area contributed by atoms with Crippen molar-refractivity contribution in [1.82, 2.24) is 0 Å². The highest BCUT2D eigenvalue weighted by atomic mass is 16.6. The topological polar surface area (TPSA) is 113 Å². The number of cyclic esters (lactones) is 1. The molecule has 4 atom stereocenters. The van der Waals surface area contributed by atoms with Crippen LogP contribution in [0.15, 0.2) is 0 Å². The Kier molecular flexibility index (Phi) is 12.3. The first-order valence-corrected chi connectivity index (χ1v) is 10.4. The summed E-state index contributed by atoms with van der Waals surface area (Å²) in [5.41, 5.74) is 0. The first-order valence-electron chi connectivity index (χ1n) is 10.4. The maximum absolute atomic E-state index is 11.7. The van der Waals surface area contributed by atoms with Gasteiger partial charge in [-0.05, 0) is 6.42 Å². The number of esters is 2. The second-order valence-corrected chi connectivity index (χ2v) is 7.34. The van der Waals surface area contributed by atoms with Gasteiger partial charge in [0.25, 0.3) is 0 Å². The van der Waals surface area contributed by atoms with Crippen molar-refractivity contribution in [3.8, 4) is 0 Å². The molecule has 1 heterocycles. The van der Waals surface area contributed by atoms with Crippen LogP contribution in [0.5, 0.6) is 0 Å². The smallest absolute Gasteiger partial charge is 0.339 e. The van der Waals surface area contributed by atoms with Gasteiger partial charge in [0.05, 0.1) is 6.61 Å². The van der Waals surface area contributed by atoms with Crippen molar-refractivity contribution in [1.29, 1.82) is 0 Å². The van der Waals surface area contributed by atoms with Crippen LogP contribution in [0.4, 0.5) is 0 Å². The molecule has 0 bridgehead atoms. The van der Waals surface area contributed by atoms with E-state index in [-0.39, 0.29) is 6.61 Å². The highest BCUT2D eigenvalue weighted by Crippen LogP contribution is 2.20. The van der Waals surface area contributed by atoms with E-state index in [0.717, 1.165) is 12.8 Å². The van der Waals surface area contributed by atoms with Gasteiger partial charge in [0.2, 0.25) is 0 Å². The number of aliphatic hydroxyl groups is 3. The molecule has 0 aromatic heterocycles. The van der Waals surface area contributed by atoms with Crippen LogP contribution < -0.4 is 0 Å². The predicted octanol–water partition coefficient (Wildman–Crippen LogP) is 2.24. The molecule has 3 N–H and O–H groups in total. The Hall–Kier alpha value is -1.18. The van der Waals surface area contributed by atoms with Gasteiger partial charge in [0, 0.05) is 0 Å². The molecular weight excluding hydrogens is 352 g/mol. The largest absolute Gasteiger partial charge is 0.464 e. The van der Waals surface area contributed by atoms with E-state index in [2.05, 4.69) is 11.7 Å². The van der Waals surface area contributed by atoms with Crippen molar-refractivity contribution < 1.29 is 34.4 Å². The van der Waals surface area contributed by atoms with Crippen LogP contribution in [-0.2, 0) is 19.1 Å². The van der Waals surface area contributed by atoms with Crippen molar-refractivity contribution in [2.45, 2.75) is 108 Å². The number of hydrogen-bond acceptors (Lipinski definition) is 7. The lowest BCUT2D eigenvalue weighted by Gasteiger charge is -2.18. The summed E-state index contributed by atoms with van der Waals surface area (Å²) in [6, 6.07) is 0. The Balaban J connectivity index is 1.96. The molecule has 1 aliphatic heterocycles. The molecule has 27 heavy (non-hydrogen) atoms. The minimum atomic E-state index is -1.79. The van der Waals surface area contributed by atoms with Gasteiger partial charge >= 0.3 is 11.9 Å².